The van der Waals surface area contributed by atoms with Crippen LogP contribution in [0, 0.1) is 11.8 Å². The van der Waals surface area contributed by atoms with Crippen molar-refractivity contribution in [3.63, 3.8) is 0 Å². The number of carbonyl (C=O) groups is 1. The van der Waals surface area contributed by atoms with E-state index in [-0.39, 0.29) is 17.9 Å². The molecule has 2 heterocycles. The molecule has 21 heavy (non-hydrogen) atoms. The number of nitrogens with one attached hydrogen (secondary N) is 1. The van der Waals surface area contributed by atoms with E-state index in [4.69, 9.17) is 9.47 Å². The van der Waals surface area contributed by atoms with Crippen molar-refractivity contribution in [2.75, 3.05) is 25.6 Å². The number of aromatic nitrogens is 2. The van der Waals surface area contributed by atoms with Crippen molar-refractivity contribution in [3.8, 4) is 0 Å². The average molecular weight is 295 g/mol. The summed E-state index contributed by atoms with van der Waals surface area (Å²) in [6.45, 7) is 6.37. The highest BCUT2D eigenvalue weighted by molar-refractivity contribution is 5.89. The Morgan fingerprint density at radius 1 is 1.62 bits per heavy atom. The van der Waals surface area contributed by atoms with E-state index in [1.165, 1.54) is 0 Å². The van der Waals surface area contributed by atoms with E-state index in [2.05, 4.69) is 24.1 Å². The van der Waals surface area contributed by atoms with Gasteiger partial charge in [0, 0.05) is 39.1 Å². The highest BCUT2D eigenvalue weighted by Crippen LogP contribution is 2.22. The van der Waals surface area contributed by atoms with E-state index < -0.39 is 0 Å². The van der Waals surface area contributed by atoms with Gasteiger partial charge in [-0.15, -0.1) is 0 Å². The molecule has 6 heteroatoms. The number of hydrogen-bond acceptors (Lipinski definition) is 4. The van der Waals surface area contributed by atoms with E-state index >= 15 is 0 Å². The second kappa shape index (κ2) is 7.56. The zero-order valence-corrected chi connectivity index (χ0v) is 13.0. The average Bonchev–Trinajstić information content (AvgIpc) is 2.85. The van der Waals surface area contributed by atoms with Crippen molar-refractivity contribution in [3.05, 3.63) is 12.4 Å². The Morgan fingerprint density at radius 2 is 2.43 bits per heavy atom. The summed E-state index contributed by atoms with van der Waals surface area (Å²) >= 11 is 0. The molecule has 1 fully saturated rings. The second-order valence-corrected chi connectivity index (χ2v) is 5.95. The topological polar surface area (TPSA) is 65.4 Å². The molecule has 0 aliphatic carbocycles. The number of nitrogens with zero attached hydrogens (tertiary/aromatic N) is 2. The summed E-state index contributed by atoms with van der Waals surface area (Å²) < 4.78 is 12.7. The Hall–Kier alpha value is -1.40. The van der Waals surface area contributed by atoms with Gasteiger partial charge in [0.25, 0.3) is 0 Å². The summed E-state index contributed by atoms with van der Waals surface area (Å²) in [5.41, 5.74) is 0. The van der Waals surface area contributed by atoms with Crippen LogP contribution in [0.25, 0.3) is 0 Å². The van der Waals surface area contributed by atoms with Crippen LogP contribution in [0.15, 0.2) is 12.4 Å². The van der Waals surface area contributed by atoms with Crippen molar-refractivity contribution in [2.24, 2.45) is 11.8 Å². The number of hydrogen-bond donors (Lipinski definition) is 1. The summed E-state index contributed by atoms with van der Waals surface area (Å²) in [6.07, 6.45) is 4.90. The summed E-state index contributed by atoms with van der Waals surface area (Å²) in [4.78, 5) is 16.4. The van der Waals surface area contributed by atoms with Gasteiger partial charge in [0.15, 0.2) is 0 Å². The Morgan fingerprint density at radius 3 is 3.14 bits per heavy atom. The van der Waals surface area contributed by atoms with Crippen molar-refractivity contribution in [1.82, 2.24) is 9.55 Å². The molecule has 2 atom stereocenters. The number of methoxy groups -OCH3 is 1. The van der Waals surface area contributed by atoms with E-state index in [1.54, 1.807) is 13.3 Å². The summed E-state index contributed by atoms with van der Waals surface area (Å²) in [5, 5.41) is 2.90. The number of anilines is 1. The van der Waals surface area contributed by atoms with E-state index in [1.807, 2.05) is 10.8 Å². The zero-order chi connectivity index (χ0) is 15.2. The monoisotopic (exact) mass is 295 g/mol. The predicted octanol–water partition coefficient (Wildman–Crippen LogP) is 1.92. The fourth-order valence-corrected chi connectivity index (χ4v) is 2.64. The molecule has 118 valence electrons. The van der Waals surface area contributed by atoms with Crippen LogP contribution in [-0.4, -0.2) is 41.9 Å². The number of carbonyl (C=O) groups excluding carboxylic acids is 1. The lowest BCUT2D eigenvalue weighted by Gasteiger charge is -2.29. The van der Waals surface area contributed by atoms with E-state index in [0.29, 0.717) is 31.5 Å². The molecule has 0 bridgehead atoms. The molecular formula is C15H25N3O3. The Bertz CT molecular complexity index is 459. The number of rotatable bonds is 6. The first-order valence-electron chi connectivity index (χ1n) is 7.51. The van der Waals surface area contributed by atoms with Crippen LogP contribution in [0.3, 0.4) is 0 Å². The molecule has 1 amide bonds. The van der Waals surface area contributed by atoms with Crippen LogP contribution in [0.5, 0.6) is 0 Å². The second-order valence-electron chi connectivity index (χ2n) is 5.95. The number of imidazole rings is 1. The van der Waals surface area contributed by atoms with Crippen molar-refractivity contribution in [1.29, 1.82) is 0 Å². The molecule has 0 spiro atoms. The largest absolute Gasteiger partial charge is 0.379 e. The molecule has 0 unspecified atom stereocenters. The highest BCUT2D eigenvalue weighted by Gasteiger charge is 2.28. The molecule has 0 aromatic carbocycles. The third kappa shape index (κ3) is 4.54. The first kappa shape index (κ1) is 16.0. The Labute approximate surface area is 125 Å². The van der Waals surface area contributed by atoms with Gasteiger partial charge in [0.05, 0.1) is 12.7 Å². The SMILES string of the molecule is CO[C@H]1COCC[C@H]1CC(=O)Nc1nccn1CC(C)C. The van der Waals surface area contributed by atoms with E-state index in [9.17, 15) is 4.79 Å². The van der Waals surface area contributed by atoms with Gasteiger partial charge in [-0.05, 0) is 18.3 Å². The first-order valence-corrected chi connectivity index (χ1v) is 7.51. The van der Waals surface area contributed by atoms with Crippen molar-refractivity contribution in [2.45, 2.75) is 39.3 Å². The molecule has 1 aromatic rings. The lowest BCUT2D eigenvalue weighted by atomic mass is 9.93. The first-order chi connectivity index (χ1) is 10.1. The molecular weight excluding hydrogens is 270 g/mol. The van der Waals surface area contributed by atoms with Crippen LogP contribution in [-0.2, 0) is 20.8 Å². The van der Waals surface area contributed by atoms with Gasteiger partial charge in [-0.25, -0.2) is 4.98 Å². The molecule has 1 aromatic heterocycles. The number of amides is 1. The zero-order valence-electron chi connectivity index (χ0n) is 13.0. The standard InChI is InChI=1S/C15H25N3O3/c1-11(2)9-18-6-5-16-15(18)17-14(19)8-12-4-7-21-10-13(12)20-3/h5-6,11-13H,4,7-10H2,1-3H3,(H,16,17,19)/t12-,13-/m0/s1. The van der Waals surface area contributed by atoms with Crippen LogP contribution >= 0.6 is 0 Å². The fraction of sp³-hybridized carbons (Fsp3) is 0.733. The van der Waals surface area contributed by atoms with E-state index in [0.717, 1.165) is 13.0 Å². The maximum atomic E-state index is 12.2. The maximum absolute atomic E-state index is 12.2. The highest BCUT2D eigenvalue weighted by atomic mass is 16.5. The van der Waals surface area contributed by atoms with Crippen LogP contribution in [0.2, 0.25) is 0 Å². The third-order valence-corrected chi connectivity index (χ3v) is 3.72. The van der Waals surface area contributed by atoms with Gasteiger partial charge in [0.2, 0.25) is 11.9 Å². The van der Waals surface area contributed by atoms with Gasteiger partial charge in [-0.2, -0.15) is 0 Å². The third-order valence-electron chi connectivity index (χ3n) is 3.72. The molecule has 0 saturated carbocycles. The minimum Gasteiger partial charge on any atom is -0.379 e. The van der Waals surface area contributed by atoms with Crippen LogP contribution in [0.4, 0.5) is 5.95 Å². The maximum Gasteiger partial charge on any atom is 0.227 e. The minimum atomic E-state index is -0.0137. The Kier molecular flexibility index (Phi) is 5.76. The van der Waals surface area contributed by atoms with Gasteiger partial charge in [-0.1, -0.05) is 13.8 Å². The van der Waals surface area contributed by atoms with Gasteiger partial charge in [0.1, 0.15) is 0 Å². The minimum absolute atomic E-state index is 0.0000843. The lowest BCUT2D eigenvalue weighted by molar-refractivity contribution is -0.121. The van der Waals surface area contributed by atoms with Crippen molar-refractivity contribution >= 4 is 11.9 Å². The molecule has 2 rings (SSSR count). The van der Waals surface area contributed by atoms with Gasteiger partial charge >= 0.3 is 0 Å². The molecule has 1 N–H and O–H groups in total. The Balaban J connectivity index is 1.90. The van der Waals surface area contributed by atoms with Crippen LogP contribution in [0.1, 0.15) is 26.7 Å². The van der Waals surface area contributed by atoms with Crippen LogP contribution < -0.4 is 5.32 Å². The lowest BCUT2D eigenvalue weighted by Crippen LogP contribution is -2.36. The molecule has 0 radical (unpaired) electrons. The molecule has 1 aliphatic rings. The molecule has 1 saturated heterocycles. The summed E-state index contributed by atoms with van der Waals surface area (Å²) in [6, 6.07) is 0. The van der Waals surface area contributed by atoms with Gasteiger partial charge in [-0.3, -0.25) is 10.1 Å². The molecule has 6 nitrogen and oxygen atoms in total. The quantitative estimate of drug-likeness (QED) is 0.871. The summed E-state index contributed by atoms with van der Waals surface area (Å²) in [7, 11) is 1.67. The summed E-state index contributed by atoms with van der Waals surface area (Å²) in [5.74, 6) is 1.32. The van der Waals surface area contributed by atoms with Gasteiger partial charge < -0.3 is 14.0 Å². The molecule has 1 aliphatic heterocycles. The van der Waals surface area contributed by atoms with Crippen molar-refractivity contribution < 1.29 is 14.3 Å². The predicted molar refractivity (Wildman–Crippen MR) is 80.0 cm³/mol. The fourth-order valence-electron chi connectivity index (χ4n) is 2.64. The normalized spacial score (nSPS) is 22.5. The smallest absolute Gasteiger partial charge is 0.227 e. The number of ether oxygens (including phenoxy) is 2.